The third-order valence-electron chi connectivity index (χ3n) is 3.45. The normalized spacial score (nSPS) is 13.8. The minimum Gasteiger partial charge on any atom is -0.496 e. The van der Waals surface area contributed by atoms with E-state index in [2.05, 4.69) is 0 Å². The van der Waals surface area contributed by atoms with Crippen molar-refractivity contribution < 1.29 is 14.2 Å². The molecule has 5 heteroatoms. The van der Waals surface area contributed by atoms with Crippen molar-refractivity contribution in [3.63, 3.8) is 0 Å². The van der Waals surface area contributed by atoms with Crippen LogP contribution in [0.15, 0.2) is 42.5 Å². The maximum Gasteiger partial charge on any atom is 0.126 e. The Labute approximate surface area is 128 Å². The second-order valence-corrected chi connectivity index (χ2v) is 5.16. The molecule has 0 radical (unpaired) electrons. The van der Waals surface area contributed by atoms with E-state index in [0.29, 0.717) is 16.3 Å². The van der Waals surface area contributed by atoms with Crippen LogP contribution in [0.5, 0.6) is 5.75 Å². The van der Waals surface area contributed by atoms with Crippen molar-refractivity contribution in [1.29, 1.82) is 0 Å². The molecule has 0 saturated carbocycles. The minimum atomic E-state index is -0.868. The van der Waals surface area contributed by atoms with Gasteiger partial charge in [0.05, 0.1) is 13.2 Å². The molecule has 0 spiro atoms. The summed E-state index contributed by atoms with van der Waals surface area (Å²) in [5.41, 5.74) is 7.15. The second-order valence-electron chi connectivity index (χ2n) is 4.72. The van der Waals surface area contributed by atoms with Gasteiger partial charge in [0.25, 0.3) is 0 Å². The van der Waals surface area contributed by atoms with E-state index in [1.165, 1.54) is 19.2 Å². The number of hydrogen-bond donors (Lipinski definition) is 2. The number of aliphatic hydroxyl groups is 1. The topological polar surface area (TPSA) is 55.5 Å². The SMILES string of the molecule is COc1cc(Cl)ccc1C(O)C(CN)c1ccc(F)cc1. The van der Waals surface area contributed by atoms with Gasteiger partial charge in [-0.3, -0.25) is 0 Å². The van der Waals surface area contributed by atoms with Crippen LogP contribution in [-0.2, 0) is 0 Å². The van der Waals surface area contributed by atoms with Crippen molar-refractivity contribution in [2.75, 3.05) is 13.7 Å². The van der Waals surface area contributed by atoms with E-state index in [4.69, 9.17) is 22.1 Å². The van der Waals surface area contributed by atoms with Gasteiger partial charge in [-0.25, -0.2) is 4.39 Å². The summed E-state index contributed by atoms with van der Waals surface area (Å²) in [4.78, 5) is 0. The lowest BCUT2D eigenvalue weighted by atomic mass is 9.89. The molecule has 2 aromatic carbocycles. The Kier molecular flexibility index (Phi) is 5.17. The first kappa shape index (κ1) is 15.8. The zero-order valence-corrected chi connectivity index (χ0v) is 12.3. The molecular formula is C16H17ClFNO2. The molecule has 0 amide bonds. The van der Waals surface area contributed by atoms with E-state index >= 15 is 0 Å². The van der Waals surface area contributed by atoms with Crippen LogP contribution in [0.2, 0.25) is 5.02 Å². The summed E-state index contributed by atoms with van der Waals surface area (Å²) in [5, 5.41) is 11.1. The fourth-order valence-electron chi connectivity index (χ4n) is 2.30. The quantitative estimate of drug-likeness (QED) is 0.891. The van der Waals surface area contributed by atoms with Crippen molar-refractivity contribution in [3.8, 4) is 5.75 Å². The molecule has 0 aliphatic rings. The van der Waals surface area contributed by atoms with Gasteiger partial charge in [0.1, 0.15) is 11.6 Å². The highest BCUT2D eigenvalue weighted by Crippen LogP contribution is 2.36. The van der Waals surface area contributed by atoms with Crippen molar-refractivity contribution >= 4 is 11.6 Å². The minimum absolute atomic E-state index is 0.221. The lowest BCUT2D eigenvalue weighted by Gasteiger charge is -2.24. The molecule has 3 N–H and O–H groups in total. The first-order valence-corrected chi connectivity index (χ1v) is 6.91. The standard InChI is InChI=1S/C16H17ClFNO2/c1-21-15-8-11(17)4-7-13(15)16(20)14(9-19)10-2-5-12(18)6-3-10/h2-8,14,16,20H,9,19H2,1H3. The summed E-state index contributed by atoms with van der Waals surface area (Å²) in [6, 6.07) is 11.0. The molecule has 0 aliphatic heterocycles. The van der Waals surface area contributed by atoms with E-state index in [1.54, 1.807) is 30.3 Å². The molecule has 21 heavy (non-hydrogen) atoms. The number of hydrogen-bond acceptors (Lipinski definition) is 3. The van der Waals surface area contributed by atoms with Crippen molar-refractivity contribution in [3.05, 3.63) is 64.4 Å². The fourth-order valence-corrected chi connectivity index (χ4v) is 2.47. The molecular weight excluding hydrogens is 293 g/mol. The zero-order valence-electron chi connectivity index (χ0n) is 11.6. The van der Waals surface area contributed by atoms with Crippen molar-refractivity contribution in [2.45, 2.75) is 12.0 Å². The van der Waals surface area contributed by atoms with Crippen LogP contribution in [0.3, 0.4) is 0 Å². The summed E-state index contributed by atoms with van der Waals surface area (Å²) >= 11 is 5.92. The molecule has 2 rings (SSSR count). The molecule has 2 unspecified atom stereocenters. The van der Waals surface area contributed by atoms with Gasteiger partial charge in [-0.1, -0.05) is 29.8 Å². The van der Waals surface area contributed by atoms with E-state index in [-0.39, 0.29) is 18.3 Å². The summed E-state index contributed by atoms with van der Waals surface area (Å²) in [6.45, 7) is 0.221. The van der Waals surface area contributed by atoms with E-state index in [0.717, 1.165) is 5.56 Å². The first-order valence-electron chi connectivity index (χ1n) is 6.54. The van der Waals surface area contributed by atoms with Crippen LogP contribution in [0.1, 0.15) is 23.1 Å². The highest BCUT2D eigenvalue weighted by molar-refractivity contribution is 6.30. The number of rotatable bonds is 5. The lowest BCUT2D eigenvalue weighted by molar-refractivity contribution is 0.143. The number of aliphatic hydroxyl groups excluding tert-OH is 1. The predicted molar refractivity (Wildman–Crippen MR) is 81.2 cm³/mol. The summed E-state index contributed by atoms with van der Waals surface area (Å²) < 4.78 is 18.3. The van der Waals surface area contributed by atoms with Crippen LogP contribution >= 0.6 is 11.6 Å². The average molecular weight is 310 g/mol. The maximum absolute atomic E-state index is 13.0. The van der Waals surface area contributed by atoms with Crippen molar-refractivity contribution in [2.24, 2.45) is 5.73 Å². The molecule has 0 aromatic heterocycles. The van der Waals surface area contributed by atoms with Crippen molar-refractivity contribution in [1.82, 2.24) is 0 Å². The average Bonchev–Trinajstić information content (AvgIpc) is 2.49. The van der Waals surface area contributed by atoms with Gasteiger partial charge < -0.3 is 15.6 Å². The smallest absolute Gasteiger partial charge is 0.126 e. The summed E-state index contributed by atoms with van der Waals surface area (Å²) in [7, 11) is 1.51. The Hall–Kier alpha value is -1.62. The van der Waals surface area contributed by atoms with Gasteiger partial charge in [-0.15, -0.1) is 0 Å². The number of nitrogens with two attached hydrogens (primary N) is 1. The molecule has 0 bridgehead atoms. The van der Waals surface area contributed by atoms with Gasteiger partial charge in [0.2, 0.25) is 0 Å². The number of methoxy groups -OCH3 is 1. The third kappa shape index (κ3) is 3.53. The van der Waals surface area contributed by atoms with Gasteiger partial charge in [0.15, 0.2) is 0 Å². The largest absolute Gasteiger partial charge is 0.496 e. The van der Waals surface area contributed by atoms with Crippen LogP contribution in [0.4, 0.5) is 4.39 Å². The molecule has 0 heterocycles. The first-order chi connectivity index (χ1) is 10.1. The second kappa shape index (κ2) is 6.89. The maximum atomic E-state index is 13.0. The number of ether oxygens (including phenoxy) is 1. The molecule has 2 aromatic rings. The number of halogens is 2. The van der Waals surface area contributed by atoms with Gasteiger partial charge >= 0.3 is 0 Å². The van der Waals surface area contributed by atoms with Crippen LogP contribution in [-0.4, -0.2) is 18.8 Å². The third-order valence-corrected chi connectivity index (χ3v) is 3.68. The van der Waals surface area contributed by atoms with Gasteiger partial charge in [0, 0.05) is 23.0 Å². The highest BCUT2D eigenvalue weighted by Gasteiger charge is 2.24. The molecule has 0 fully saturated rings. The zero-order chi connectivity index (χ0) is 15.4. The van der Waals surface area contributed by atoms with Crippen LogP contribution in [0.25, 0.3) is 0 Å². The number of benzene rings is 2. The molecule has 112 valence electrons. The molecule has 0 saturated heterocycles. The highest BCUT2D eigenvalue weighted by atomic mass is 35.5. The molecule has 3 nitrogen and oxygen atoms in total. The van der Waals surface area contributed by atoms with Crippen LogP contribution < -0.4 is 10.5 Å². The van der Waals surface area contributed by atoms with E-state index in [1.807, 2.05) is 0 Å². The van der Waals surface area contributed by atoms with Crippen LogP contribution in [0, 0.1) is 5.82 Å². The monoisotopic (exact) mass is 309 g/mol. The molecule has 2 atom stereocenters. The lowest BCUT2D eigenvalue weighted by Crippen LogP contribution is -2.20. The predicted octanol–water partition coefficient (Wildman–Crippen LogP) is 3.26. The summed E-state index contributed by atoms with van der Waals surface area (Å²) in [5.74, 6) is -0.190. The Morgan fingerprint density at radius 3 is 2.48 bits per heavy atom. The fraction of sp³-hybridized carbons (Fsp3) is 0.250. The summed E-state index contributed by atoms with van der Waals surface area (Å²) in [6.07, 6.45) is -0.868. The Morgan fingerprint density at radius 2 is 1.90 bits per heavy atom. The Balaban J connectivity index is 2.36. The van der Waals surface area contributed by atoms with E-state index in [9.17, 15) is 9.50 Å². The Bertz CT molecular complexity index is 604. The Morgan fingerprint density at radius 1 is 1.24 bits per heavy atom. The molecule has 0 aliphatic carbocycles. The van der Waals surface area contributed by atoms with Gasteiger partial charge in [-0.05, 0) is 29.8 Å². The van der Waals surface area contributed by atoms with E-state index < -0.39 is 6.10 Å². The van der Waals surface area contributed by atoms with Gasteiger partial charge in [-0.2, -0.15) is 0 Å².